The zero-order valence-corrected chi connectivity index (χ0v) is 15.5. The maximum Gasteiger partial charge on any atom is 0.273 e. The molecule has 10 nitrogen and oxygen atoms in total. The van der Waals surface area contributed by atoms with Crippen molar-refractivity contribution in [1.82, 2.24) is 40.7 Å². The third kappa shape index (κ3) is 4.56. The summed E-state index contributed by atoms with van der Waals surface area (Å²) in [5.74, 6) is 0.553. The Kier molecular flexibility index (Phi) is 5.51. The molecule has 3 aromatic rings. The molecule has 2 N–H and O–H groups in total. The van der Waals surface area contributed by atoms with Crippen molar-refractivity contribution in [2.24, 2.45) is 0 Å². The standard InChI is InChI=1S/C16H20N8O2S/c25-15(18-10-14-19-16(26-21-14)13-2-1-9-27-13)12-11-24(22-20-12)8-7-23-5-3-17-4-6-23/h1-2,9,11,17H,3-8,10H2,(H,18,25). The molecule has 0 aliphatic carbocycles. The topological polar surface area (TPSA) is 114 Å². The molecule has 3 aromatic heterocycles. The van der Waals surface area contributed by atoms with Gasteiger partial charge in [-0.05, 0) is 11.4 Å². The lowest BCUT2D eigenvalue weighted by molar-refractivity contribution is 0.0944. The van der Waals surface area contributed by atoms with Crippen molar-refractivity contribution in [1.29, 1.82) is 0 Å². The van der Waals surface area contributed by atoms with E-state index in [0.717, 1.165) is 37.6 Å². The predicted molar refractivity (Wildman–Crippen MR) is 98.1 cm³/mol. The highest BCUT2D eigenvalue weighted by Gasteiger charge is 2.15. The minimum atomic E-state index is -0.314. The first kappa shape index (κ1) is 17.8. The molecule has 0 saturated carbocycles. The van der Waals surface area contributed by atoms with Gasteiger partial charge >= 0.3 is 0 Å². The lowest BCUT2D eigenvalue weighted by Crippen LogP contribution is -2.44. The number of nitrogens with zero attached hydrogens (tertiary/aromatic N) is 6. The van der Waals surface area contributed by atoms with Crippen molar-refractivity contribution >= 4 is 17.2 Å². The highest BCUT2D eigenvalue weighted by molar-refractivity contribution is 7.13. The molecule has 0 spiro atoms. The van der Waals surface area contributed by atoms with Crippen molar-refractivity contribution in [2.45, 2.75) is 13.1 Å². The summed E-state index contributed by atoms with van der Waals surface area (Å²) in [5.41, 5.74) is 0.275. The van der Waals surface area contributed by atoms with E-state index in [4.69, 9.17) is 4.52 Å². The minimum absolute atomic E-state index is 0.168. The van der Waals surface area contributed by atoms with Gasteiger partial charge in [0, 0.05) is 32.7 Å². The average Bonchev–Trinajstić information content (AvgIpc) is 3.46. The van der Waals surface area contributed by atoms with Crippen LogP contribution in [0.3, 0.4) is 0 Å². The van der Waals surface area contributed by atoms with Crippen LogP contribution in [0.4, 0.5) is 0 Å². The summed E-state index contributed by atoms with van der Waals surface area (Å²) < 4.78 is 6.89. The average molecular weight is 388 g/mol. The van der Waals surface area contributed by atoms with Gasteiger partial charge in [-0.2, -0.15) is 4.98 Å². The molecule has 1 aliphatic rings. The molecule has 1 amide bonds. The first-order chi connectivity index (χ1) is 13.3. The number of thiophene rings is 1. The van der Waals surface area contributed by atoms with Gasteiger partial charge in [0.15, 0.2) is 11.5 Å². The third-order valence-electron chi connectivity index (χ3n) is 4.23. The Morgan fingerprint density at radius 1 is 1.33 bits per heavy atom. The van der Waals surface area contributed by atoms with Gasteiger partial charge in [-0.1, -0.05) is 16.4 Å². The molecule has 4 rings (SSSR count). The van der Waals surface area contributed by atoms with E-state index in [2.05, 4.69) is 36.0 Å². The maximum atomic E-state index is 12.2. The minimum Gasteiger partial charge on any atom is -0.343 e. The second-order valence-electron chi connectivity index (χ2n) is 6.13. The maximum absolute atomic E-state index is 12.2. The van der Waals surface area contributed by atoms with Crippen molar-refractivity contribution in [3.8, 4) is 10.8 Å². The molecule has 142 valence electrons. The van der Waals surface area contributed by atoms with Crippen LogP contribution in [0.2, 0.25) is 0 Å². The van der Waals surface area contributed by atoms with Gasteiger partial charge in [-0.15, -0.1) is 16.4 Å². The number of aromatic nitrogens is 5. The molecular formula is C16H20N8O2S. The van der Waals surface area contributed by atoms with E-state index >= 15 is 0 Å². The summed E-state index contributed by atoms with van der Waals surface area (Å²) in [4.78, 5) is 19.8. The molecule has 1 fully saturated rings. The van der Waals surface area contributed by atoms with Crippen LogP contribution in [0.15, 0.2) is 28.2 Å². The zero-order valence-electron chi connectivity index (χ0n) is 14.7. The zero-order chi connectivity index (χ0) is 18.5. The van der Waals surface area contributed by atoms with E-state index in [0.29, 0.717) is 18.3 Å². The quantitative estimate of drug-likeness (QED) is 0.591. The normalized spacial score (nSPS) is 15.1. The molecule has 27 heavy (non-hydrogen) atoms. The number of nitrogens with one attached hydrogen (secondary N) is 2. The van der Waals surface area contributed by atoms with Crippen LogP contribution in [0.5, 0.6) is 0 Å². The van der Waals surface area contributed by atoms with E-state index in [1.165, 1.54) is 11.3 Å². The third-order valence-corrected chi connectivity index (χ3v) is 5.09. The molecule has 11 heteroatoms. The van der Waals surface area contributed by atoms with Gasteiger partial charge in [0.25, 0.3) is 11.8 Å². The largest absolute Gasteiger partial charge is 0.343 e. The lowest BCUT2D eigenvalue weighted by atomic mass is 10.3. The van der Waals surface area contributed by atoms with Crippen molar-refractivity contribution < 1.29 is 9.32 Å². The number of piperazine rings is 1. The van der Waals surface area contributed by atoms with Crippen LogP contribution in [-0.4, -0.2) is 68.7 Å². The molecule has 0 aromatic carbocycles. The molecule has 1 aliphatic heterocycles. The molecule has 0 radical (unpaired) electrons. The fraction of sp³-hybridized carbons (Fsp3) is 0.438. The SMILES string of the molecule is O=C(NCc1noc(-c2cccs2)n1)c1cn(CCN2CCNCC2)nn1. The van der Waals surface area contributed by atoms with E-state index in [1.54, 1.807) is 10.9 Å². The summed E-state index contributed by atoms with van der Waals surface area (Å²) in [6, 6.07) is 3.82. The first-order valence-electron chi connectivity index (χ1n) is 8.76. The monoisotopic (exact) mass is 388 g/mol. The van der Waals surface area contributed by atoms with Gasteiger partial charge in [-0.3, -0.25) is 14.4 Å². The van der Waals surface area contributed by atoms with Gasteiger partial charge in [0.1, 0.15) is 0 Å². The Balaban J connectivity index is 1.26. The van der Waals surface area contributed by atoms with Gasteiger partial charge < -0.3 is 15.2 Å². The van der Waals surface area contributed by atoms with Gasteiger partial charge in [0.2, 0.25) is 0 Å². The summed E-state index contributed by atoms with van der Waals surface area (Å²) in [6.45, 7) is 5.84. The number of carbonyl (C=O) groups excluding carboxylic acids is 1. The Morgan fingerprint density at radius 2 is 2.22 bits per heavy atom. The summed E-state index contributed by atoms with van der Waals surface area (Å²) in [5, 5.41) is 19.9. The van der Waals surface area contributed by atoms with Crippen LogP contribution in [0.25, 0.3) is 10.8 Å². The second kappa shape index (κ2) is 8.37. The van der Waals surface area contributed by atoms with E-state index in [9.17, 15) is 4.79 Å². The van der Waals surface area contributed by atoms with Crippen LogP contribution in [0, 0.1) is 0 Å². The first-order valence-corrected chi connectivity index (χ1v) is 9.64. The van der Waals surface area contributed by atoms with Gasteiger partial charge in [0.05, 0.1) is 24.2 Å². The lowest BCUT2D eigenvalue weighted by Gasteiger charge is -2.26. The Morgan fingerprint density at radius 3 is 3.04 bits per heavy atom. The van der Waals surface area contributed by atoms with Crippen LogP contribution in [-0.2, 0) is 13.1 Å². The number of rotatable bonds is 7. The molecule has 1 saturated heterocycles. The Hall–Kier alpha value is -2.63. The summed E-state index contributed by atoms with van der Waals surface area (Å²) in [6.07, 6.45) is 1.66. The summed E-state index contributed by atoms with van der Waals surface area (Å²) in [7, 11) is 0. The van der Waals surface area contributed by atoms with Crippen molar-refractivity contribution in [3.63, 3.8) is 0 Å². The fourth-order valence-corrected chi connectivity index (χ4v) is 3.41. The van der Waals surface area contributed by atoms with Crippen molar-refractivity contribution in [2.75, 3.05) is 32.7 Å². The smallest absolute Gasteiger partial charge is 0.273 e. The van der Waals surface area contributed by atoms with Crippen LogP contribution >= 0.6 is 11.3 Å². The predicted octanol–water partition coefficient (Wildman–Crippen LogP) is 0.225. The Bertz CT molecular complexity index is 869. The number of hydrogen-bond acceptors (Lipinski definition) is 9. The van der Waals surface area contributed by atoms with Crippen LogP contribution < -0.4 is 10.6 Å². The van der Waals surface area contributed by atoms with E-state index < -0.39 is 0 Å². The number of hydrogen-bond donors (Lipinski definition) is 2. The van der Waals surface area contributed by atoms with Gasteiger partial charge in [-0.25, -0.2) is 0 Å². The molecular weight excluding hydrogens is 368 g/mol. The highest BCUT2D eigenvalue weighted by atomic mass is 32.1. The highest BCUT2D eigenvalue weighted by Crippen LogP contribution is 2.22. The second-order valence-corrected chi connectivity index (χ2v) is 7.08. The van der Waals surface area contributed by atoms with Crippen molar-refractivity contribution in [3.05, 3.63) is 35.2 Å². The molecule has 0 unspecified atom stereocenters. The Labute approximate surface area is 159 Å². The number of carbonyl (C=O) groups is 1. The van der Waals surface area contributed by atoms with E-state index in [1.807, 2.05) is 17.5 Å². The van der Waals surface area contributed by atoms with E-state index in [-0.39, 0.29) is 18.1 Å². The molecule has 0 bridgehead atoms. The van der Waals surface area contributed by atoms with Crippen LogP contribution in [0.1, 0.15) is 16.3 Å². The molecule has 0 atom stereocenters. The fourth-order valence-electron chi connectivity index (χ4n) is 2.77. The molecule has 4 heterocycles. The number of amides is 1. The summed E-state index contributed by atoms with van der Waals surface area (Å²) >= 11 is 1.52.